The van der Waals surface area contributed by atoms with Crippen molar-refractivity contribution < 1.29 is 9.90 Å². The Labute approximate surface area is 120 Å². The largest absolute Gasteiger partial charge is 0.481 e. The molecule has 0 radical (unpaired) electrons. The Morgan fingerprint density at radius 1 is 1.25 bits per heavy atom. The summed E-state index contributed by atoms with van der Waals surface area (Å²) in [5.41, 5.74) is 3.94. The third-order valence-electron chi connectivity index (χ3n) is 3.38. The highest BCUT2D eigenvalue weighted by atomic mass is 32.1. The van der Waals surface area contributed by atoms with Crippen molar-refractivity contribution in [2.75, 3.05) is 0 Å². The lowest BCUT2D eigenvalue weighted by Gasteiger charge is -2.00. The average molecular weight is 285 g/mol. The highest BCUT2D eigenvalue weighted by Gasteiger charge is 2.16. The number of aromatic nitrogens is 1. The summed E-state index contributed by atoms with van der Waals surface area (Å²) in [7, 11) is 0. The van der Waals surface area contributed by atoms with Gasteiger partial charge in [-0.25, -0.2) is 0 Å². The molecule has 0 saturated heterocycles. The summed E-state index contributed by atoms with van der Waals surface area (Å²) >= 11 is 1.68. The number of fused-ring (bicyclic) bond motifs is 1. The number of benzene rings is 1. The molecule has 0 atom stereocenters. The van der Waals surface area contributed by atoms with Crippen molar-refractivity contribution in [2.24, 2.45) is 0 Å². The fourth-order valence-electron chi connectivity index (χ4n) is 2.48. The van der Waals surface area contributed by atoms with Crippen molar-refractivity contribution in [3.8, 4) is 10.6 Å². The molecule has 102 valence electrons. The maximum absolute atomic E-state index is 11.2. The number of carboxylic acid groups (broad SMARTS) is 1. The number of hydrogen-bond acceptors (Lipinski definition) is 2. The minimum Gasteiger partial charge on any atom is -0.481 e. The third kappa shape index (κ3) is 2.23. The Morgan fingerprint density at radius 2 is 2.05 bits per heavy atom. The SMILES string of the molecule is Cc1ccc2[nH]c(-c3ccc(C)s3)c(CC(=O)O)c2c1. The van der Waals surface area contributed by atoms with Crippen LogP contribution in [0.5, 0.6) is 0 Å². The fourth-order valence-corrected chi connectivity index (χ4v) is 3.37. The number of aryl methyl sites for hydroxylation is 2. The van der Waals surface area contributed by atoms with Gasteiger partial charge in [0.2, 0.25) is 0 Å². The van der Waals surface area contributed by atoms with E-state index in [9.17, 15) is 9.90 Å². The van der Waals surface area contributed by atoms with E-state index in [0.717, 1.165) is 32.6 Å². The molecule has 0 fully saturated rings. The summed E-state index contributed by atoms with van der Waals surface area (Å²) in [6.45, 7) is 4.07. The van der Waals surface area contributed by atoms with E-state index in [0.29, 0.717) is 0 Å². The summed E-state index contributed by atoms with van der Waals surface area (Å²) in [5.74, 6) is -0.804. The number of carboxylic acids is 1. The van der Waals surface area contributed by atoms with Gasteiger partial charge in [-0.2, -0.15) is 0 Å². The van der Waals surface area contributed by atoms with Crippen LogP contribution in [-0.2, 0) is 11.2 Å². The predicted molar refractivity (Wildman–Crippen MR) is 82.4 cm³/mol. The van der Waals surface area contributed by atoms with Gasteiger partial charge >= 0.3 is 5.97 Å². The number of carbonyl (C=O) groups is 1. The molecule has 0 saturated carbocycles. The summed E-state index contributed by atoms with van der Waals surface area (Å²) in [6.07, 6.45) is 0.0374. The van der Waals surface area contributed by atoms with E-state index >= 15 is 0 Å². The van der Waals surface area contributed by atoms with E-state index in [1.54, 1.807) is 11.3 Å². The number of hydrogen-bond donors (Lipinski definition) is 2. The highest BCUT2D eigenvalue weighted by molar-refractivity contribution is 7.15. The van der Waals surface area contributed by atoms with E-state index in [4.69, 9.17) is 0 Å². The smallest absolute Gasteiger partial charge is 0.307 e. The zero-order chi connectivity index (χ0) is 14.3. The Bertz CT molecular complexity index is 798. The number of aromatic amines is 1. The first-order chi connectivity index (χ1) is 9.54. The number of aliphatic carboxylic acids is 1. The van der Waals surface area contributed by atoms with Crippen LogP contribution in [0.15, 0.2) is 30.3 Å². The molecule has 3 aromatic rings. The van der Waals surface area contributed by atoms with Gasteiger partial charge in [-0.3, -0.25) is 4.79 Å². The van der Waals surface area contributed by atoms with Crippen molar-refractivity contribution in [3.63, 3.8) is 0 Å². The second-order valence-corrected chi connectivity index (χ2v) is 6.30. The number of thiophene rings is 1. The normalized spacial score (nSPS) is 11.1. The quantitative estimate of drug-likeness (QED) is 0.760. The Hall–Kier alpha value is -2.07. The van der Waals surface area contributed by atoms with Gasteiger partial charge in [-0.15, -0.1) is 11.3 Å². The molecule has 3 rings (SSSR count). The molecule has 0 spiro atoms. The van der Waals surface area contributed by atoms with Crippen molar-refractivity contribution in [2.45, 2.75) is 20.3 Å². The standard InChI is InChI=1S/C16H15NO2S/c1-9-3-5-13-11(7-9)12(8-15(18)19)16(17-13)14-6-4-10(2)20-14/h3-7,17H,8H2,1-2H3,(H,18,19). The van der Waals surface area contributed by atoms with Gasteiger partial charge in [0.05, 0.1) is 17.0 Å². The Balaban J connectivity index is 2.27. The van der Waals surface area contributed by atoms with E-state index in [1.165, 1.54) is 4.88 Å². The molecule has 3 nitrogen and oxygen atoms in total. The van der Waals surface area contributed by atoms with Gasteiger partial charge < -0.3 is 10.1 Å². The van der Waals surface area contributed by atoms with Crippen LogP contribution in [-0.4, -0.2) is 16.1 Å². The highest BCUT2D eigenvalue weighted by Crippen LogP contribution is 2.35. The molecule has 0 bridgehead atoms. The van der Waals surface area contributed by atoms with E-state index in [-0.39, 0.29) is 6.42 Å². The second kappa shape index (κ2) is 4.80. The van der Waals surface area contributed by atoms with Gasteiger partial charge in [0.15, 0.2) is 0 Å². The molecule has 20 heavy (non-hydrogen) atoms. The Morgan fingerprint density at radius 3 is 2.70 bits per heavy atom. The van der Waals surface area contributed by atoms with Gasteiger partial charge in [0.25, 0.3) is 0 Å². The Kier molecular flexibility index (Phi) is 3.10. The van der Waals surface area contributed by atoms with Crippen molar-refractivity contribution in [1.29, 1.82) is 0 Å². The van der Waals surface area contributed by atoms with Crippen molar-refractivity contribution in [1.82, 2.24) is 4.98 Å². The van der Waals surface area contributed by atoms with E-state index in [1.807, 2.05) is 31.2 Å². The molecule has 2 aromatic heterocycles. The molecule has 0 aliphatic rings. The summed E-state index contributed by atoms with van der Waals surface area (Å²) < 4.78 is 0. The van der Waals surface area contributed by atoms with Crippen LogP contribution in [0.4, 0.5) is 0 Å². The maximum atomic E-state index is 11.2. The molecule has 0 unspecified atom stereocenters. The monoisotopic (exact) mass is 285 g/mol. The number of nitrogens with one attached hydrogen (secondary N) is 1. The van der Waals surface area contributed by atoms with Crippen molar-refractivity contribution in [3.05, 3.63) is 46.3 Å². The maximum Gasteiger partial charge on any atom is 0.307 e. The first kappa shape index (κ1) is 12.9. The zero-order valence-corrected chi connectivity index (χ0v) is 12.2. The van der Waals surface area contributed by atoms with Gasteiger partial charge in [-0.1, -0.05) is 11.6 Å². The van der Waals surface area contributed by atoms with E-state index in [2.05, 4.69) is 18.0 Å². The van der Waals surface area contributed by atoms with Crippen LogP contribution in [0.2, 0.25) is 0 Å². The van der Waals surface area contributed by atoms with Crippen LogP contribution < -0.4 is 0 Å². The molecular formula is C16H15NO2S. The second-order valence-electron chi connectivity index (χ2n) is 5.01. The molecule has 0 amide bonds. The topological polar surface area (TPSA) is 53.1 Å². The number of rotatable bonds is 3. The van der Waals surface area contributed by atoms with E-state index < -0.39 is 5.97 Å². The van der Waals surface area contributed by atoms with Crippen molar-refractivity contribution >= 4 is 28.2 Å². The lowest BCUT2D eigenvalue weighted by Crippen LogP contribution is -2.00. The minimum absolute atomic E-state index is 0.0374. The molecule has 1 aromatic carbocycles. The molecule has 2 N–H and O–H groups in total. The number of H-pyrrole nitrogens is 1. The van der Waals surface area contributed by atoms with Gasteiger partial charge in [-0.05, 0) is 43.7 Å². The first-order valence-electron chi connectivity index (χ1n) is 6.44. The fraction of sp³-hybridized carbons (Fsp3) is 0.188. The van der Waals surface area contributed by atoms with Gasteiger partial charge in [0.1, 0.15) is 0 Å². The molecule has 0 aliphatic carbocycles. The zero-order valence-electron chi connectivity index (χ0n) is 11.4. The van der Waals surface area contributed by atoms with Crippen LogP contribution in [0.1, 0.15) is 16.0 Å². The lowest BCUT2D eigenvalue weighted by molar-refractivity contribution is -0.136. The minimum atomic E-state index is -0.804. The lowest BCUT2D eigenvalue weighted by atomic mass is 10.0. The first-order valence-corrected chi connectivity index (χ1v) is 7.26. The third-order valence-corrected chi connectivity index (χ3v) is 4.39. The summed E-state index contributed by atoms with van der Waals surface area (Å²) in [5, 5.41) is 10.2. The molecule has 2 heterocycles. The van der Waals surface area contributed by atoms with Crippen LogP contribution >= 0.6 is 11.3 Å². The van der Waals surface area contributed by atoms with Crippen LogP contribution in [0.25, 0.3) is 21.5 Å². The summed E-state index contributed by atoms with van der Waals surface area (Å²) in [6, 6.07) is 10.2. The average Bonchev–Trinajstić information content (AvgIpc) is 2.94. The predicted octanol–water partition coefficient (Wildman–Crippen LogP) is 4.14. The molecular weight excluding hydrogens is 270 g/mol. The summed E-state index contributed by atoms with van der Waals surface area (Å²) in [4.78, 5) is 16.9. The molecule has 4 heteroatoms. The van der Waals surface area contributed by atoms with Crippen LogP contribution in [0.3, 0.4) is 0 Å². The van der Waals surface area contributed by atoms with Crippen LogP contribution in [0, 0.1) is 13.8 Å². The molecule has 0 aliphatic heterocycles. The van der Waals surface area contributed by atoms with Gasteiger partial charge in [0, 0.05) is 15.8 Å².